The molecule has 0 fully saturated rings. The highest BCUT2D eigenvalue weighted by Gasteiger charge is 2.21. The average Bonchev–Trinajstić information content (AvgIpc) is 2.56. The Morgan fingerprint density at radius 1 is 1.47 bits per heavy atom. The molecule has 0 saturated heterocycles. The zero-order chi connectivity index (χ0) is 10.8. The van der Waals surface area contributed by atoms with Gasteiger partial charge in [-0.3, -0.25) is 4.79 Å². The zero-order valence-electron chi connectivity index (χ0n) is 8.22. The molecule has 0 radical (unpaired) electrons. The number of carbonyl (C=O) groups excluding carboxylic acids is 1. The smallest absolute Gasteiger partial charge is 0.228 e. The molecule has 0 saturated carbocycles. The zero-order valence-corrected chi connectivity index (χ0v) is 8.22. The van der Waals surface area contributed by atoms with Gasteiger partial charge in [0.25, 0.3) is 0 Å². The van der Waals surface area contributed by atoms with Crippen molar-refractivity contribution in [2.45, 2.75) is 19.3 Å². The van der Waals surface area contributed by atoms with Gasteiger partial charge in [0.15, 0.2) is 0 Å². The summed E-state index contributed by atoms with van der Waals surface area (Å²) in [5, 5.41) is 11.2. The van der Waals surface area contributed by atoms with Gasteiger partial charge in [-0.15, -0.1) is 0 Å². The molecule has 0 unspecified atom stereocenters. The minimum absolute atomic E-state index is 0.0931. The molecule has 0 atom stereocenters. The maximum Gasteiger partial charge on any atom is 0.228 e. The van der Waals surface area contributed by atoms with E-state index in [1.54, 1.807) is 0 Å². The number of anilines is 1. The number of rotatable bonds is 3. The highest BCUT2D eigenvalue weighted by Crippen LogP contribution is 2.27. The molecule has 0 aliphatic carbocycles. The lowest BCUT2D eigenvalue weighted by Crippen LogP contribution is -2.04. The Kier molecular flexibility index (Phi) is 2.68. The quantitative estimate of drug-likeness (QED) is 0.787. The number of fused-ring (bicyclic) bond motifs is 1. The second kappa shape index (κ2) is 3.98. The fourth-order valence-corrected chi connectivity index (χ4v) is 1.79. The molecule has 3 nitrogen and oxygen atoms in total. The monoisotopic (exact) mass is 209 g/mol. The number of amides is 1. The predicted octanol–water partition coefficient (Wildman–Crippen LogP) is 1.25. The summed E-state index contributed by atoms with van der Waals surface area (Å²) in [4.78, 5) is 11.1. The van der Waals surface area contributed by atoms with Crippen molar-refractivity contribution >= 4 is 11.6 Å². The van der Waals surface area contributed by atoms with Crippen LogP contribution < -0.4 is 5.32 Å². The SMILES string of the molecule is O=C1Cc2cc(CCCO)cc(F)c2N1. The Hall–Kier alpha value is -1.42. The van der Waals surface area contributed by atoms with Crippen molar-refractivity contribution in [3.8, 4) is 0 Å². The van der Waals surface area contributed by atoms with Gasteiger partial charge < -0.3 is 10.4 Å². The van der Waals surface area contributed by atoms with E-state index in [9.17, 15) is 9.18 Å². The van der Waals surface area contributed by atoms with Crippen molar-refractivity contribution in [1.82, 2.24) is 0 Å². The summed E-state index contributed by atoms with van der Waals surface area (Å²) < 4.78 is 13.5. The third-order valence-corrected chi connectivity index (χ3v) is 2.47. The predicted molar refractivity (Wildman–Crippen MR) is 54.1 cm³/mol. The van der Waals surface area contributed by atoms with E-state index >= 15 is 0 Å². The van der Waals surface area contributed by atoms with E-state index in [2.05, 4.69) is 5.32 Å². The van der Waals surface area contributed by atoms with Gasteiger partial charge >= 0.3 is 0 Å². The first-order valence-corrected chi connectivity index (χ1v) is 4.92. The standard InChI is InChI=1S/C11H12FNO2/c12-9-5-7(2-1-3-14)4-8-6-10(15)13-11(8)9/h4-5,14H,1-3,6H2,(H,13,15). The molecule has 2 N–H and O–H groups in total. The van der Waals surface area contributed by atoms with Gasteiger partial charge in [0.1, 0.15) is 5.82 Å². The molecule has 1 aliphatic heterocycles. The Morgan fingerprint density at radius 3 is 3.00 bits per heavy atom. The largest absolute Gasteiger partial charge is 0.396 e. The van der Waals surface area contributed by atoms with Gasteiger partial charge in [-0.2, -0.15) is 0 Å². The Labute approximate surface area is 86.9 Å². The van der Waals surface area contributed by atoms with Crippen LogP contribution in [-0.4, -0.2) is 17.6 Å². The van der Waals surface area contributed by atoms with Crippen LogP contribution in [0.25, 0.3) is 0 Å². The van der Waals surface area contributed by atoms with Crippen LogP contribution in [0, 0.1) is 5.82 Å². The van der Waals surface area contributed by atoms with Gasteiger partial charge in [0, 0.05) is 6.61 Å². The summed E-state index contributed by atoms with van der Waals surface area (Å²) >= 11 is 0. The molecule has 0 spiro atoms. The Morgan fingerprint density at radius 2 is 2.27 bits per heavy atom. The van der Waals surface area contributed by atoms with Gasteiger partial charge in [-0.1, -0.05) is 6.07 Å². The minimum Gasteiger partial charge on any atom is -0.396 e. The number of aliphatic hydroxyl groups is 1. The first-order chi connectivity index (χ1) is 7.20. The Balaban J connectivity index is 2.27. The van der Waals surface area contributed by atoms with Crippen LogP contribution in [-0.2, 0) is 17.6 Å². The highest BCUT2D eigenvalue weighted by molar-refractivity contribution is 5.99. The molecule has 1 aromatic carbocycles. The van der Waals surface area contributed by atoms with Gasteiger partial charge in [0.2, 0.25) is 5.91 Å². The van der Waals surface area contributed by atoms with E-state index in [-0.39, 0.29) is 24.8 Å². The minimum atomic E-state index is -0.383. The molecule has 80 valence electrons. The molecule has 1 aliphatic rings. The van der Waals surface area contributed by atoms with E-state index in [4.69, 9.17) is 5.11 Å². The summed E-state index contributed by atoms with van der Waals surface area (Å²) in [6.07, 6.45) is 1.49. The van der Waals surface area contributed by atoms with Crippen LogP contribution in [0.3, 0.4) is 0 Å². The third kappa shape index (κ3) is 1.99. The first-order valence-electron chi connectivity index (χ1n) is 4.92. The van der Waals surface area contributed by atoms with Gasteiger partial charge in [-0.25, -0.2) is 4.39 Å². The van der Waals surface area contributed by atoms with Crippen molar-refractivity contribution in [3.05, 3.63) is 29.1 Å². The molecule has 0 bridgehead atoms. The van der Waals surface area contributed by atoms with Gasteiger partial charge in [-0.05, 0) is 30.0 Å². The molecule has 1 heterocycles. The van der Waals surface area contributed by atoms with Gasteiger partial charge in [0.05, 0.1) is 12.1 Å². The maximum absolute atomic E-state index is 13.5. The lowest BCUT2D eigenvalue weighted by molar-refractivity contribution is -0.115. The van der Waals surface area contributed by atoms with Crippen LogP contribution in [0.1, 0.15) is 17.5 Å². The number of carbonyl (C=O) groups is 1. The molecule has 2 rings (SSSR count). The van der Waals surface area contributed by atoms with E-state index in [1.807, 2.05) is 6.07 Å². The van der Waals surface area contributed by atoms with Crippen molar-refractivity contribution in [2.75, 3.05) is 11.9 Å². The summed E-state index contributed by atoms with van der Waals surface area (Å²) in [7, 11) is 0. The van der Waals surface area contributed by atoms with E-state index < -0.39 is 0 Å². The number of hydrogen-bond acceptors (Lipinski definition) is 2. The third-order valence-electron chi connectivity index (χ3n) is 2.47. The number of benzene rings is 1. The number of hydrogen-bond donors (Lipinski definition) is 2. The number of nitrogens with one attached hydrogen (secondary N) is 1. The second-order valence-corrected chi connectivity index (χ2v) is 3.66. The van der Waals surface area contributed by atoms with Crippen molar-refractivity contribution in [1.29, 1.82) is 0 Å². The summed E-state index contributed by atoms with van der Waals surface area (Å²) in [6, 6.07) is 3.24. The summed E-state index contributed by atoms with van der Waals surface area (Å²) in [6.45, 7) is 0.0931. The molecule has 15 heavy (non-hydrogen) atoms. The second-order valence-electron chi connectivity index (χ2n) is 3.66. The van der Waals surface area contributed by atoms with E-state index in [1.165, 1.54) is 6.07 Å². The van der Waals surface area contributed by atoms with Crippen LogP contribution in [0.5, 0.6) is 0 Å². The normalized spacial score (nSPS) is 13.9. The van der Waals surface area contributed by atoms with Crippen LogP contribution in [0.2, 0.25) is 0 Å². The van der Waals surface area contributed by atoms with Crippen molar-refractivity contribution in [2.24, 2.45) is 0 Å². The van der Waals surface area contributed by atoms with Crippen molar-refractivity contribution < 1.29 is 14.3 Å². The lowest BCUT2D eigenvalue weighted by atomic mass is 10.0. The lowest BCUT2D eigenvalue weighted by Gasteiger charge is -2.04. The average molecular weight is 209 g/mol. The van der Waals surface area contributed by atoms with Crippen LogP contribution in [0.4, 0.5) is 10.1 Å². The highest BCUT2D eigenvalue weighted by atomic mass is 19.1. The molecule has 1 amide bonds. The van der Waals surface area contributed by atoms with E-state index in [0.717, 1.165) is 5.56 Å². The fourth-order valence-electron chi connectivity index (χ4n) is 1.79. The Bertz CT molecular complexity index is 404. The van der Waals surface area contributed by atoms with Crippen LogP contribution >= 0.6 is 0 Å². The molecular weight excluding hydrogens is 197 g/mol. The molecule has 0 aromatic heterocycles. The summed E-state index contributed by atoms with van der Waals surface area (Å²) in [5.74, 6) is -0.547. The van der Waals surface area contributed by atoms with E-state index in [0.29, 0.717) is 24.1 Å². The van der Waals surface area contributed by atoms with Crippen LogP contribution in [0.15, 0.2) is 12.1 Å². The molecule has 4 heteroatoms. The fraction of sp³-hybridized carbons (Fsp3) is 0.364. The van der Waals surface area contributed by atoms with Crippen molar-refractivity contribution in [3.63, 3.8) is 0 Å². The molecular formula is C11H12FNO2. The molecule has 1 aromatic rings. The maximum atomic E-state index is 13.5. The first kappa shape index (κ1) is 10.1. The number of aliphatic hydroxyl groups excluding tert-OH is 1. The number of halogens is 1. The summed E-state index contributed by atoms with van der Waals surface area (Å²) in [5.41, 5.74) is 1.86. The number of aryl methyl sites for hydroxylation is 1. The topological polar surface area (TPSA) is 49.3 Å².